The zero-order chi connectivity index (χ0) is 19.3. The smallest absolute Gasteiger partial charge is 0.190 e. The summed E-state index contributed by atoms with van der Waals surface area (Å²) in [4.78, 5) is 4.26. The predicted molar refractivity (Wildman–Crippen MR) is 111 cm³/mol. The lowest BCUT2D eigenvalue weighted by Crippen LogP contribution is -2.39. The third kappa shape index (κ3) is 7.31. The van der Waals surface area contributed by atoms with Crippen molar-refractivity contribution in [2.24, 2.45) is 4.99 Å². The summed E-state index contributed by atoms with van der Waals surface area (Å²) in [5, 5.41) is 6.66. The van der Waals surface area contributed by atoms with E-state index in [1.807, 2.05) is 36.4 Å². The molecule has 0 fully saturated rings. The zero-order valence-electron chi connectivity index (χ0n) is 16.6. The van der Waals surface area contributed by atoms with Crippen LogP contribution >= 0.6 is 0 Å². The number of guanidine groups is 1. The normalized spacial score (nSPS) is 12.5. The molecule has 2 aromatic carbocycles. The van der Waals surface area contributed by atoms with Crippen molar-refractivity contribution in [3.8, 4) is 5.75 Å². The van der Waals surface area contributed by atoms with Crippen LogP contribution in [0.25, 0.3) is 0 Å². The van der Waals surface area contributed by atoms with E-state index in [2.05, 4.69) is 40.7 Å². The van der Waals surface area contributed by atoms with E-state index in [9.17, 15) is 0 Å². The summed E-state index contributed by atoms with van der Waals surface area (Å²) in [7, 11) is 3.49. The lowest BCUT2D eigenvalue weighted by molar-refractivity contribution is 0.0646. The number of rotatable bonds is 10. The maximum Gasteiger partial charge on any atom is 0.190 e. The van der Waals surface area contributed by atoms with Crippen LogP contribution < -0.4 is 15.4 Å². The summed E-state index contributed by atoms with van der Waals surface area (Å²) in [6, 6.07) is 18.4. The lowest BCUT2D eigenvalue weighted by Gasteiger charge is -2.15. The van der Waals surface area contributed by atoms with E-state index < -0.39 is 0 Å². The van der Waals surface area contributed by atoms with Gasteiger partial charge in [0.25, 0.3) is 0 Å². The van der Waals surface area contributed by atoms with Crippen molar-refractivity contribution in [1.82, 2.24) is 10.6 Å². The Morgan fingerprint density at radius 2 is 1.70 bits per heavy atom. The van der Waals surface area contributed by atoms with Gasteiger partial charge < -0.3 is 20.1 Å². The summed E-state index contributed by atoms with van der Waals surface area (Å²) < 4.78 is 11.3. The van der Waals surface area contributed by atoms with Gasteiger partial charge in [-0.2, -0.15) is 0 Å². The molecule has 2 aromatic rings. The van der Waals surface area contributed by atoms with Gasteiger partial charge in [0.15, 0.2) is 5.96 Å². The maximum absolute atomic E-state index is 5.89. The molecule has 2 N–H and O–H groups in total. The highest BCUT2D eigenvalue weighted by Gasteiger charge is 2.05. The molecule has 2 rings (SSSR count). The van der Waals surface area contributed by atoms with E-state index in [0.717, 1.165) is 37.6 Å². The summed E-state index contributed by atoms with van der Waals surface area (Å²) in [6.07, 6.45) is 1.91. The number of nitrogens with one attached hydrogen (secondary N) is 2. The van der Waals surface area contributed by atoms with Gasteiger partial charge in [-0.1, -0.05) is 48.5 Å². The number of aliphatic imine (C=N–C) groups is 1. The molecule has 0 aromatic heterocycles. The Labute approximate surface area is 162 Å². The second-order valence-corrected chi connectivity index (χ2v) is 6.26. The Kier molecular flexibility index (Phi) is 9.21. The summed E-state index contributed by atoms with van der Waals surface area (Å²) in [5.74, 6) is 1.73. The summed E-state index contributed by atoms with van der Waals surface area (Å²) in [5.41, 5.74) is 2.39. The first-order valence-electron chi connectivity index (χ1n) is 9.47. The molecule has 0 bridgehead atoms. The highest BCUT2D eigenvalue weighted by atomic mass is 16.5. The van der Waals surface area contributed by atoms with Crippen molar-refractivity contribution in [2.75, 3.05) is 33.9 Å². The molecule has 27 heavy (non-hydrogen) atoms. The standard InChI is InChI=1S/C22H31N3O2/c1-18(19-10-5-4-6-11-19)27-17-9-15-24-22(23-2)25-16-14-20-12-7-8-13-21(20)26-3/h4-8,10-13,18H,9,14-17H2,1-3H3,(H2,23,24,25). The van der Waals surface area contributed by atoms with Crippen molar-refractivity contribution in [3.05, 3.63) is 65.7 Å². The van der Waals surface area contributed by atoms with Crippen molar-refractivity contribution in [2.45, 2.75) is 25.9 Å². The van der Waals surface area contributed by atoms with Crippen LogP contribution in [0.15, 0.2) is 59.6 Å². The fourth-order valence-electron chi connectivity index (χ4n) is 2.81. The lowest BCUT2D eigenvalue weighted by atomic mass is 10.1. The SMILES string of the molecule is CN=C(NCCCOC(C)c1ccccc1)NCCc1ccccc1OC. The molecule has 1 unspecified atom stereocenters. The number of para-hydroxylation sites is 1. The minimum atomic E-state index is 0.115. The third-order valence-corrected chi connectivity index (χ3v) is 4.35. The average Bonchev–Trinajstić information content (AvgIpc) is 2.73. The van der Waals surface area contributed by atoms with Crippen LogP contribution in [0.3, 0.4) is 0 Å². The molecule has 0 radical (unpaired) electrons. The molecule has 1 atom stereocenters. The number of nitrogens with zero attached hydrogens (tertiary/aromatic N) is 1. The Morgan fingerprint density at radius 1 is 1.00 bits per heavy atom. The van der Waals surface area contributed by atoms with Crippen molar-refractivity contribution in [1.29, 1.82) is 0 Å². The first-order valence-corrected chi connectivity index (χ1v) is 9.47. The van der Waals surface area contributed by atoms with Crippen molar-refractivity contribution < 1.29 is 9.47 Å². The third-order valence-electron chi connectivity index (χ3n) is 4.35. The second-order valence-electron chi connectivity index (χ2n) is 6.26. The van der Waals surface area contributed by atoms with Crippen LogP contribution in [0.4, 0.5) is 0 Å². The fraction of sp³-hybridized carbons (Fsp3) is 0.409. The Hall–Kier alpha value is -2.53. The number of ether oxygens (including phenoxy) is 2. The van der Waals surface area contributed by atoms with Gasteiger partial charge in [0, 0.05) is 26.7 Å². The van der Waals surface area contributed by atoms with E-state index in [1.165, 1.54) is 11.1 Å². The van der Waals surface area contributed by atoms with E-state index >= 15 is 0 Å². The molecule has 5 nitrogen and oxygen atoms in total. The molecule has 146 valence electrons. The van der Waals surface area contributed by atoms with Crippen LogP contribution in [0.2, 0.25) is 0 Å². The molecule has 0 aliphatic heterocycles. The molecule has 0 heterocycles. The van der Waals surface area contributed by atoms with E-state index in [1.54, 1.807) is 14.2 Å². The highest BCUT2D eigenvalue weighted by Crippen LogP contribution is 2.17. The van der Waals surface area contributed by atoms with Gasteiger partial charge in [-0.3, -0.25) is 4.99 Å². The van der Waals surface area contributed by atoms with Gasteiger partial charge in [-0.25, -0.2) is 0 Å². The molecule has 0 aliphatic carbocycles. The van der Waals surface area contributed by atoms with Crippen LogP contribution in [-0.4, -0.2) is 39.8 Å². The quantitative estimate of drug-likeness (QED) is 0.382. The Bertz CT molecular complexity index is 689. The maximum atomic E-state index is 5.89. The summed E-state index contributed by atoms with van der Waals surface area (Å²) >= 11 is 0. The van der Waals surface area contributed by atoms with Gasteiger partial charge in [-0.05, 0) is 37.0 Å². The molecular formula is C22H31N3O2. The van der Waals surface area contributed by atoms with Crippen molar-refractivity contribution >= 4 is 5.96 Å². The van der Waals surface area contributed by atoms with Crippen LogP contribution in [0.5, 0.6) is 5.75 Å². The summed E-state index contributed by atoms with van der Waals surface area (Å²) in [6.45, 7) is 4.40. The number of hydrogen-bond donors (Lipinski definition) is 2. The minimum absolute atomic E-state index is 0.115. The molecule has 0 aliphatic rings. The Morgan fingerprint density at radius 3 is 2.44 bits per heavy atom. The zero-order valence-corrected chi connectivity index (χ0v) is 16.6. The predicted octanol–water partition coefficient (Wildman–Crippen LogP) is 3.57. The fourth-order valence-corrected chi connectivity index (χ4v) is 2.81. The largest absolute Gasteiger partial charge is 0.496 e. The van der Waals surface area contributed by atoms with Crippen LogP contribution in [0.1, 0.15) is 30.6 Å². The number of methoxy groups -OCH3 is 1. The van der Waals surface area contributed by atoms with Gasteiger partial charge in [0.05, 0.1) is 13.2 Å². The van der Waals surface area contributed by atoms with Crippen molar-refractivity contribution in [3.63, 3.8) is 0 Å². The minimum Gasteiger partial charge on any atom is -0.496 e. The van der Waals surface area contributed by atoms with E-state index in [-0.39, 0.29) is 6.10 Å². The molecule has 0 saturated heterocycles. The van der Waals surface area contributed by atoms with Gasteiger partial charge in [0.1, 0.15) is 5.75 Å². The average molecular weight is 370 g/mol. The monoisotopic (exact) mass is 369 g/mol. The van der Waals surface area contributed by atoms with E-state index in [0.29, 0.717) is 6.61 Å². The van der Waals surface area contributed by atoms with Crippen LogP contribution in [-0.2, 0) is 11.2 Å². The van der Waals surface area contributed by atoms with Crippen LogP contribution in [0, 0.1) is 0 Å². The first kappa shape index (κ1) is 20.8. The highest BCUT2D eigenvalue weighted by molar-refractivity contribution is 5.79. The molecule has 0 spiro atoms. The molecular weight excluding hydrogens is 338 g/mol. The topological polar surface area (TPSA) is 54.9 Å². The second kappa shape index (κ2) is 12.0. The van der Waals surface area contributed by atoms with Gasteiger partial charge >= 0.3 is 0 Å². The van der Waals surface area contributed by atoms with Gasteiger partial charge in [0.2, 0.25) is 0 Å². The molecule has 5 heteroatoms. The first-order chi connectivity index (χ1) is 13.2. The number of benzene rings is 2. The Balaban J connectivity index is 1.61. The molecule has 0 amide bonds. The van der Waals surface area contributed by atoms with E-state index in [4.69, 9.17) is 9.47 Å². The van der Waals surface area contributed by atoms with Gasteiger partial charge in [-0.15, -0.1) is 0 Å². The molecule has 0 saturated carbocycles. The number of hydrogen-bond acceptors (Lipinski definition) is 3.